The van der Waals surface area contributed by atoms with E-state index < -0.39 is 9.84 Å². The van der Waals surface area contributed by atoms with E-state index in [0.717, 1.165) is 30.9 Å². The van der Waals surface area contributed by atoms with Gasteiger partial charge >= 0.3 is 0 Å². The summed E-state index contributed by atoms with van der Waals surface area (Å²) in [6, 6.07) is 4.24. The molecule has 2 fully saturated rings. The molecule has 116 valence electrons. The molecular formula is C16H22FNO2S. The molecule has 0 spiro atoms. The molecule has 0 heterocycles. The van der Waals surface area contributed by atoms with Gasteiger partial charge in [0.15, 0.2) is 9.84 Å². The second kappa shape index (κ2) is 5.59. The van der Waals surface area contributed by atoms with Gasteiger partial charge in [0.25, 0.3) is 0 Å². The molecule has 1 aromatic carbocycles. The molecule has 0 radical (unpaired) electrons. The summed E-state index contributed by atoms with van der Waals surface area (Å²) in [6.45, 7) is 0. The number of sulfone groups is 1. The maximum atomic E-state index is 13.9. The third kappa shape index (κ3) is 3.57. The maximum absolute atomic E-state index is 13.9. The maximum Gasteiger partial charge on any atom is 0.175 e. The van der Waals surface area contributed by atoms with Crippen molar-refractivity contribution in [1.82, 2.24) is 0 Å². The Morgan fingerprint density at radius 1 is 1.14 bits per heavy atom. The van der Waals surface area contributed by atoms with Crippen molar-refractivity contribution >= 4 is 15.5 Å². The van der Waals surface area contributed by atoms with Gasteiger partial charge in [0, 0.05) is 12.3 Å². The summed E-state index contributed by atoms with van der Waals surface area (Å²) in [5.74, 6) is 1.26. The molecule has 1 aromatic rings. The molecule has 2 atom stereocenters. The quantitative estimate of drug-likeness (QED) is 0.864. The molecule has 2 unspecified atom stereocenters. The van der Waals surface area contributed by atoms with Gasteiger partial charge in [-0.25, -0.2) is 12.8 Å². The molecule has 2 aliphatic rings. The molecule has 0 aliphatic heterocycles. The van der Waals surface area contributed by atoms with E-state index >= 15 is 0 Å². The van der Waals surface area contributed by atoms with Gasteiger partial charge < -0.3 is 5.32 Å². The average molecular weight is 311 g/mol. The van der Waals surface area contributed by atoms with Crippen molar-refractivity contribution < 1.29 is 12.8 Å². The summed E-state index contributed by atoms with van der Waals surface area (Å²) in [7, 11) is -3.30. The molecule has 2 saturated carbocycles. The van der Waals surface area contributed by atoms with Crippen LogP contribution in [0.25, 0.3) is 0 Å². The minimum absolute atomic E-state index is 0.168. The standard InChI is InChI=1S/C16H22FNO2S/c1-21(19,20)14-7-8-15(17)16(10-14)18-13-4-2-3-12(9-13)11-5-6-11/h7-8,10-13,18H,2-6,9H2,1H3. The van der Waals surface area contributed by atoms with Crippen LogP contribution in [0.4, 0.5) is 10.1 Å². The highest BCUT2D eigenvalue weighted by Crippen LogP contribution is 2.44. The van der Waals surface area contributed by atoms with Crippen molar-refractivity contribution in [3.05, 3.63) is 24.0 Å². The van der Waals surface area contributed by atoms with Crippen LogP contribution in [0.2, 0.25) is 0 Å². The van der Waals surface area contributed by atoms with Gasteiger partial charge in [0.1, 0.15) is 5.82 Å². The summed E-state index contributed by atoms with van der Waals surface area (Å²) in [5, 5.41) is 3.23. The predicted molar refractivity (Wildman–Crippen MR) is 81.6 cm³/mol. The van der Waals surface area contributed by atoms with Gasteiger partial charge in [-0.3, -0.25) is 0 Å². The number of nitrogens with one attached hydrogen (secondary N) is 1. The van der Waals surface area contributed by atoms with E-state index in [0.29, 0.717) is 5.69 Å². The Morgan fingerprint density at radius 2 is 1.90 bits per heavy atom. The molecular weight excluding hydrogens is 289 g/mol. The van der Waals surface area contributed by atoms with E-state index in [2.05, 4.69) is 5.32 Å². The van der Waals surface area contributed by atoms with E-state index in [1.54, 1.807) is 0 Å². The Morgan fingerprint density at radius 3 is 2.57 bits per heavy atom. The summed E-state index contributed by atoms with van der Waals surface area (Å²) in [4.78, 5) is 0.168. The number of anilines is 1. The first-order valence-electron chi connectivity index (χ1n) is 7.69. The smallest absolute Gasteiger partial charge is 0.175 e. The lowest BCUT2D eigenvalue weighted by Crippen LogP contribution is -2.28. The van der Waals surface area contributed by atoms with Crippen LogP contribution in [0.3, 0.4) is 0 Å². The first-order chi connectivity index (χ1) is 9.93. The average Bonchev–Trinajstić information content (AvgIpc) is 3.25. The zero-order chi connectivity index (χ0) is 15.0. The second-order valence-corrected chi connectivity index (χ2v) is 8.53. The molecule has 3 rings (SSSR count). The summed E-state index contributed by atoms with van der Waals surface area (Å²) in [5.41, 5.74) is 0.319. The molecule has 3 nitrogen and oxygen atoms in total. The third-order valence-corrected chi connectivity index (χ3v) is 5.84. The van der Waals surface area contributed by atoms with E-state index in [1.165, 1.54) is 43.9 Å². The molecule has 0 bridgehead atoms. The Balaban J connectivity index is 1.74. The van der Waals surface area contributed by atoms with E-state index in [1.807, 2.05) is 0 Å². The zero-order valence-electron chi connectivity index (χ0n) is 12.3. The molecule has 0 saturated heterocycles. The SMILES string of the molecule is CS(=O)(=O)c1ccc(F)c(NC2CCCC(C3CC3)C2)c1. The van der Waals surface area contributed by atoms with Gasteiger partial charge in [-0.1, -0.05) is 12.8 Å². The monoisotopic (exact) mass is 311 g/mol. The molecule has 21 heavy (non-hydrogen) atoms. The minimum Gasteiger partial charge on any atom is -0.380 e. The number of halogens is 1. The minimum atomic E-state index is -3.30. The van der Waals surface area contributed by atoms with Crippen molar-refractivity contribution in [2.75, 3.05) is 11.6 Å². The number of benzene rings is 1. The summed E-state index contributed by atoms with van der Waals surface area (Å²) < 4.78 is 37.1. The predicted octanol–water partition coefficient (Wildman–Crippen LogP) is 3.61. The highest BCUT2D eigenvalue weighted by atomic mass is 32.2. The van der Waals surface area contributed by atoms with Crippen LogP contribution in [-0.2, 0) is 9.84 Å². The lowest BCUT2D eigenvalue weighted by atomic mass is 9.82. The largest absolute Gasteiger partial charge is 0.380 e. The fraction of sp³-hybridized carbons (Fsp3) is 0.625. The summed E-state index contributed by atoms with van der Waals surface area (Å²) in [6.07, 6.45) is 8.40. The molecule has 1 N–H and O–H groups in total. The van der Waals surface area contributed by atoms with Crippen LogP contribution in [0.1, 0.15) is 38.5 Å². The van der Waals surface area contributed by atoms with Crippen LogP contribution >= 0.6 is 0 Å². The highest BCUT2D eigenvalue weighted by Gasteiger charge is 2.34. The van der Waals surface area contributed by atoms with Gasteiger partial charge in [0.05, 0.1) is 10.6 Å². The van der Waals surface area contributed by atoms with E-state index in [4.69, 9.17) is 0 Å². The second-order valence-electron chi connectivity index (χ2n) is 6.52. The van der Waals surface area contributed by atoms with E-state index in [9.17, 15) is 12.8 Å². The summed E-state index contributed by atoms with van der Waals surface area (Å²) >= 11 is 0. The fourth-order valence-electron chi connectivity index (χ4n) is 3.42. The number of rotatable bonds is 4. The van der Waals surface area contributed by atoms with Crippen LogP contribution in [0.15, 0.2) is 23.1 Å². The topological polar surface area (TPSA) is 46.2 Å². The van der Waals surface area contributed by atoms with Gasteiger partial charge in [-0.05, 0) is 55.7 Å². The lowest BCUT2D eigenvalue weighted by Gasteiger charge is -2.30. The lowest BCUT2D eigenvalue weighted by molar-refractivity contribution is 0.302. The van der Waals surface area contributed by atoms with Crippen LogP contribution in [0.5, 0.6) is 0 Å². The number of hydrogen-bond donors (Lipinski definition) is 1. The van der Waals surface area contributed by atoms with Crippen molar-refractivity contribution in [2.24, 2.45) is 11.8 Å². The Bertz CT molecular complexity index is 625. The van der Waals surface area contributed by atoms with Crippen molar-refractivity contribution in [3.63, 3.8) is 0 Å². The van der Waals surface area contributed by atoms with Crippen molar-refractivity contribution in [2.45, 2.75) is 49.5 Å². The molecule has 0 amide bonds. The zero-order valence-corrected chi connectivity index (χ0v) is 13.1. The Kier molecular flexibility index (Phi) is 3.95. The molecule has 5 heteroatoms. The third-order valence-electron chi connectivity index (χ3n) is 4.73. The van der Waals surface area contributed by atoms with Crippen LogP contribution in [-0.4, -0.2) is 20.7 Å². The molecule has 2 aliphatic carbocycles. The first kappa shape index (κ1) is 14.8. The van der Waals surface area contributed by atoms with Gasteiger partial charge in [-0.2, -0.15) is 0 Å². The molecule has 0 aromatic heterocycles. The van der Waals surface area contributed by atoms with Crippen LogP contribution < -0.4 is 5.32 Å². The normalized spacial score (nSPS) is 26.6. The van der Waals surface area contributed by atoms with Crippen LogP contribution in [0, 0.1) is 17.7 Å². The Labute approximate surface area is 125 Å². The first-order valence-corrected chi connectivity index (χ1v) is 9.59. The van der Waals surface area contributed by atoms with Gasteiger partial charge in [0.2, 0.25) is 0 Å². The highest BCUT2D eigenvalue weighted by molar-refractivity contribution is 7.90. The van der Waals surface area contributed by atoms with Gasteiger partial charge in [-0.15, -0.1) is 0 Å². The fourth-order valence-corrected chi connectivity index (χ4v) is 4.07. The van der Waals surface area contributed by atoms with Crippen molar-refractivity contribution in [1.29, 1.82) is 0 Å². The van der Waals surface area contributed by atoms with E-state index in [-0.39, 0.29) is 16.8 Å². The number of hydrogen-bond acceptors (Lipinski definition) is 3. The van der Waals surface area contributed by atoms with Crippen molar-refractivity contribution in [3.8, 4) is 0 Å². The Hall–Kier alpha value is -1.10.